The van der Waals surface area contributed by atoms with Gasteiger partial charge in [-0.05, 0) is 55.1 Å². The summed E-state index contributed by atoms with van der Waals surface area (Å²) in [5, 5.41) is 10.3. The normalized spacial score (nSPS) is 30.2. The number of hydrogen-bond donors (Lipinski definition) is 3. The zero-order chi connectivity index (χ0) is 18.2. The van der Waals surface area contributed by atoms with Crippen LogP contribution in [0.15, 0.2) is 53.2 Å². The summed E-state index contributed by atoms with van der Waals surface area (Å²) < 4.78 is 5.38. The first-order chi connectivity index (χ1) is 13.3. The number of fused-ring (bicyclic) bond motifs is 2. The molecule has 0 bridgehead atoms. The monoisotopic (exact) mass is 364 g/mol. The van der Waals surface area contributed by atoms with Crippen LogP contribution in [0.5, 0.6) is 0 Å². The van der Waals surface area contributed by atoms with Gasteiger partial charge in [0.15, 0.2) is 6.29 Å². The Balaban J connectivity index is 1.33. The molecule has 4 heterocycles. The number of anilines is 1. The van der Waals surface area contributed by atoms with Crippen molar-refractivity contribution in [3.63, 3.8) is 0 Å². The molecule has 3 N–H and O–H groups in total. The van der Waals surface area contributed by atoms with Crippen LogP contribution in [0.4, 0.5) is 5.69 Å². The van der Waals surface area contributed by atoms with Crippen LogP contribution >= 0.6 is 0 Å². The molecule has 5 rings (SSSR count). The Labute approximate surface area is 158 Å². The Morgan fingerprint density at radius 2 is 2.11 bits per heavy atom. The SMILES string of the molecule is O=C1NC(N2CCc3ccccc32)NC2NCCC(/C=C/c3ccco3)C12. The highest BCUT2D eigenvalue weighted by Gasteiger charge is 2.44. The quantitative estimate of drug-likeness (QED) is 0.776. The van der Waals surface area contributed by atoms with Crippen LogP contribution in [0.2, 0.25) is 0 Å². The molecule has 3 aliphatic heterocycles. The van der Waals surface area contributed by atoms with E-state index in [0.717, 1.165) is 31.7 Å². The van der Waals surface area contributed by atoms with Crippen LogP contribution in [0.1, 0.15) is 17.7 Å². The lowest BCUT2D eigenvalue weighted by Crippen LogP contribution is -2.72. The standard InChI is InChI=1S/C21H24N4O2/c26-20-18-15(7-8-16-5-3-13-27-16)9-11-22-19(18)23-21(24-20)25-12-10-14-4-1-2-6-17(14)25/h1-8,13,15,18-19,21-23H,9-12H2,(H,24,26)/b8-7+. The van der Waals surface area contributed by atoms with Crippen LogP contribution in [-0.4, -0.2) is 31.5 Å². The molecule has 6 nitrogen and oxygen atoms in total. The van der Waals surface area contributed by atoms with E-state index in [1.807, 2.05) is 18.2 Å². The molecule has 6 heteroatoms. The van der Waals surface area contributed by atoms with E-state index in [2.05, 4.69) is 51.2 Å². The van der Waals surface area contributed by atoms with Crippen molar-refractivity contribution in [1.82, 2.24) is 16.0 Å². The van der Waals surface area contributed by atoms with Gasteiger partial charge in [0.05, 0.1) is 18.3 Å². The number of amides is 1. The van der Waals surface area contributed by atoms with Gasteiger partial charge in [-0.25, -0.2) is 0 Å². The van der Waals surface area contributed by atoms with Gasteiger partial charge in [0, 0.05) is 12.2 Å². The summed E-state index contributed by atoms with van der Waals surface area (Å²) in [6.45, 7) is 1.80. The fourth-order valence-corrected chi connectivity index (χ4v) is 4.53. The molecule has 0 saturated carbocycles. The first kappa shape index (κ1) is 16.6. The number of furan rings is 1. The van der Waals surface area contributed by atoms with E-state index in [9.17, 15) is 4.79 Å². The number of piperidine rings is 1. The number of rotatable bonds is 3. The third-order valence-corrected chi connectivity index (χ3v) is 5.87. The molecule has 1 amide bonds. The molecule has 4 unspecified atom stereocenters. The van der Waals surface area contributed by atoms with E-state index in [0.29, 0.717) is 0 Å². The molecule has 27 heavy (non-hydrogen) atoms. The molecule has 2 aromatic rings. The van der Waals surface area contributed by atoms with E-state index in [-0.39, 0.29) is 30.2 Å². The highest BCUT2D eigenvalue weighted by Crippen LogP contribution is 2.32. The van der Waals surface area contributed by atoms with Crippen LogP contribution in [0, 0.1) is 11.8 Å². The van der Waals surface area contributed by atoms with Crippen molar-refractivity contribution in [3.8, 4) is 0 Å². The first-order valence-corrected chi connectivity index (χ1v) is 9.66. The molecule has 2 fully saturated rings. The summed E-state index contributed by atoms with van der Waals surface area (Å²) >= 11 is 0. The van der Waals surface area contributed by atoms with Gasteiger partial charge in [0.25, 0.3) is 0 Å². The molecule has 4 atom stereocenters. The molecular weight excluding hydrogens is 340 g/mol. The predicted molar refractivity (Wildman–Crippen MR) is 104 cm³/mol. The Morgan fingerprint density at radius 1 is 1.19 bits per heavy atom. The minimum Gasteiger partial charge on any atom is -0.465 e. The maximum absolute atomic E-state index is 13.0. The highest BCUT2D eigenvalue weighted by atomic mass is 16.3. The Kier molecular flexibility index (Phi) is 4.22. The Bertz CT molecular complexity index is 848. The number of nitrogens with one attached hydrogen (secondary N) is 3. The second kappa shape index (κ2) is 6.87. The fraction of sp³-hybridized carbons (Fsp3) is 0.381. The van der Waals surface area contributed by atoms with Crippen LogP contribution in [0.3, 0.4) is 0 Å². The molecule has 140 valence electrons. The van der Waals surface area contributed by atoms with Crippen molar-refractivity contribution >= 4 is 17.7 Å². The number of allylic oxidation sites excluding steroid dienone is 1. The molecule has 3 aliphatic rings. The van der Waals surface area contributed by atoms with Gasteiger partial charge in [-0.3, -0.25) is 10.1 Å². The number of carbonyl (C=O) groups excluding carboxylic acids is 1. The third kappa shape index (κ3) is 3.05. The molecule has 1 aromatic heterocycles. The number of hydrogen-bond acceptors (Lipinski definition) is 5. The maximum Gasteiger partial charge on any atom is 0.229 e. The maximum atomic E-state index is 13.0. The van der Waals surface area contributed by atoms with Crippen molar-refractivity contribution in [2.24, 2.45) is 11.8 Å². The van der Waals surface area contributed by atoms with Gasteiger partial charge < -0.3 is 20.0 Å². The largest absolute Gasteiger partial charge is 0.465 e. The lowest BCUT2D eigenvalue weighted by molar-refractivity contribution is -0.132. The van der Waals surface area contributed by atoms with Crippen molar-refractivity contribution in [2.45, 2.75) is 25.3 Å². The summed E-state index contributed by atoms with van der Waals surface area (Å²) in [6, 6.07) is 12.2. The van der Waals surface area contributed by atoms with Crippen molar-refractivity contribution < 1.29 is 9.21 Å². The number of para-hydroxylation sites is 1. The fourth-order valence-electron chi connectivity index (χ4n) is 4.53. The molecule has 0 radical (unpaired) electrons. The van der Waals surface area contributed by atoms with E-state index in [1.165, 1.54) is 11.3 Å². The summed E-state index contributed by atoms with van der Waals surface area (Å²) in [7, 11) is 0. The minimum absolute atomic E-state index is 0.0310. The summed E-state index contributed by atoms with van der Waals surface area (Å²) in [6.07, 6.45) is 7.50. The number of benzene rings is 1. The Morgan fingerprint density at radius 3 is 3.00 bits per heavy atom. The van der Waals surface area contributed by atoms with Gasteiger partial charge in [-0.2, -0.15) is 0 Å². The van der Waals surface area contributed by atoms with E-state index >= 15 is 0 Å². The number of carbonyl (C=O) groups is 1. The number of nitrogens with zero attached hydrogens (tertiary/aromatic N) is 1. The van der Waals surface area contributed by atoms with Gasteiger partial charge in [0.1, 0.15) is 5.76 Å². The average Bonchev–Trinajstić information content (AvgIpc) is 3.35. The molecular formula is C21H24N4O2. The summed E-state index contributed by atoms with van der Waals surface area (Å²) in [5.74, 6) is 0.981. The molecule has 0 spiro atoms. The van der Waals surface area contributed by atoms with Gasteiger partial charge in [-0.15, -0.1) is 0 Å². The van der Waals surface area contributed by atoms with Gasteiger partial charge in [-0.1, -0.05) is 24.3 Å². The first-order valence-electron chi connectivity index (χ1n) is 9.66. The smallest absolute Gasteiger partial charge is 0.229 e. The van der Waals surface area contributed by atoms with E-state index < -0.39 is 0 Å². The van der Waals surface area contributed by atoms with Crippen LogP contribution in [0.25, 0.3) is 6.08 Å². The van der Waals surface area contributed by atoms with Crippen LogP contribution < -0.4 is 20.9 Å². The second-order valence-electron chi connectivity index (χ2n) is 7.43. The third-order valence-electron chi connectivity index (χ3n) is 5.87. The summed E-state index contributed by atoms with van der Waals surface area (Å²) in [4.78, 5) is 15.3. The van der Waals surface area contributed by atoms with Crippen molar-refractivity contribution in [3.05, 3.63) is 60.1 Å². The predicted octanol–water partition coefficient (Wildman–Crippen LogP) is 1.91. The van der Waals surface area contributed by atoms with Crippen molar-refractivity contribution in [2.75, 3.05) is 18.0 Å². The highest BCUT2D eigenvalue weighted by molar-refractivity contribution is 5.82. The zero-order valence-corrected chi connectivity index (χ0v) is 15.1. The van der Waals surface area contributed by atoms with E-state index in [1.54, 1.807) is 6.26 Å². The lowest BCUT2D eigenvalue weighted by Gasteiger charge is -2.46. The molecule has 0 aliphatic carbocycles. The lowest BCUT2D eigenvalue weighted by atomic mass is 9.81. The minimum atomic E-state index is -0.178. The van der Waals surface area contributed by atoms with Gasteiger partial charge >= 0.3 is 0 Å². The topological polar surface area (TPSA) is 69.5 Å². The van der Waals surface area contributed by atoms with Crippen molar-refractivity contribution in [1.29, 1.82) is 0 Å². The van der Waals surface area contributed by atoms with Crippen LogP contribution in [-0.2, 0) is 11.2 Å². The Hall–Kier alpha value is -2.57. The van der Waals surface area contributed by atoms with E-state index in [4.69, 9.17) is 4.42 Å². The molecule has 2 saturated heterocycles. The summed E-state index contributed by atoms with van der Waals surface area (Å²) in [5.41, 5.74) is 2.55. The van der Waals surface area contributed by atoms with Gasteiger partial charge in [0.2, 0.25) is 5.91 Å². The average molecular weight is 364 g/mol. The zero-order valence-electron chi connectivity index (χ0n) is 15.1. The molecule has 1 aromatic carbocycles. The second-order valence-corrected chi connectivity index (χ2v) is 7.43.